The molecule has 0 spiro atoms. The Hall–Kier alpha value is -1.88. The quantitative estimate of drug-likeness (QED) is 0.509. The molecule has 0 fully saturated rings. The lowest BCUT2D eigenvalue weighted by molar-refractivity contribution is -0.148. The van der Waals surface area contributed by atoms with Gasteiger partial charge >= 0.3 is 5.97 Å². The van der Waals surface area contributed by atoms with Crippen LogP contribution in [-0.2, 0) is 20.7 Å². The zero-order valence-electron chi connectivity index (χ0n) is 15.0. The van der Waals surface area contributed by atoms with Crippen molar-refractivity contribution in [1.29, 1.82) is 0 Å². The SMILES string of the molecule is CCCCOC(=O)[C@H](CC(C)C)NC(=O)[C@@H](N)Cc1ccccc1. The highest BCUT2D eigenvalue weighted by Crippen LogP contribution is 2.08. The summed E-state index contributed by atoms with van der Waals surface area (Å²) in [6.07, 6.45) is 2.75. The van der Waals surface area contributed by atoms with Gasteiger partial charge in [0.15, 0.2) is 0 Å². The number of amides is 1. The van der Waals surface area contributed by atoms with Crippen LogP contribution < -0.4 is 11.1 Å². The Balaban J connectivity index is 2.60. The molecular weight excluding hydrogens is 304 g/mol. The molecule has 0 unspecified atom stereocenters. The molecule has 0 aliphatic rings. The fraction of sp³-hybridized carbons (Fsp3) is 0.579. The van der Waals surface area contributed by atoms with Crippen molar-refractivity contribution >= 4 is 11.9 Å². The van der Waals surface area contributed by atoms with Crippen LogP contribution in [0.25, 0.3) is 0 Å². The molecule has 1 rings (SSSR count). The van der Waals surface area contributed by atoms with Gasteiger partial charge in [0.25, 0.3) is 0 Å². The molecule has 1 amide bonds. The fourth-order valence-electron chi connectivity index (χ4n) is 2.34. The standard InChI is InChI=1S/C19H30N2O3/c1-4-5-11-24-19(23)17(12-14(2)3)21-18(22)16(20)13-15-9-7-6-8-10-15/h6-10,14,16-17H,4-5,11-13,20H2,1-3H3,(H,21,22)/t16-,17-/m0/s1. The molecule has 2 atom stereocenters. The summed E-state index contributed by atoms with van der Waals surface area (Å²) < 4.78 is 5.25. The first-order chi connectivity index (χ1) is 11.4. The normalized spacial score (nSPS) is 13.4. The molecule has 0 saturated carbocycles. The van der Waals surface area contributed by atoms with E-state index >= 15 is 0 Å². The van der Waals surface area contributed by atoms with Crippen LogP contribution in [0.5, 0.6) is 0 Å². The fourth-order valence-corrected chi connectivity index (χ4v) is 2.34. The summed E-state index contributed by atoms with van der Waals surface area (Å²) in [5.74, 6) is -0.436. The molecule has 5 nitrogen and oxygen atoms in total. The predicted octanol–water partition coefficient (Wildman–Crippen LogP) is 2.43. The zero-order chi connectivity index (χ0) is 17.9. The summed E-state index contributed by atoms with van der Waals surface area (Å²) in [7, 11) is 0. The van der Waals surface area contributed by atoms with Gasteiger partial charge in [-0.1, -0.05) is 57.5 Å². The highest BCUT2D eigenvalue weighted by Gasteiger charge is 2.25. The number of hydrogen-bond donors (Lipinski definition) is 2. The summed E-state index contributed by atoms with van der Waals surface area (Å²) in [5, 5.41) is 2.76. The summed E-state index contributed by atoms with van der Waals surface area (Å²) in [4.78, 5) is 24.5. The number of nitrogens with one attached hydrogen (secondary N) is 1. The maximum absolute atomic E-state index is 12.3. The van der Waals surface area contributed by atoms with Crippen LogP contribution in [0.15, 0.2) is 30.3 Å². The van der Waals surface area contributed by atoms with Gasteiger partial charge in [-0.05, 0) is 30.7 Å². The van der Waals surface area contributed by atoms with Crippen LogP contribution >= 0.6 is 0 Å². The highest BCUT2D eigenvalue weighted by atomic mass is 16.5. The van der Waals surface area contributed by atoms with E-state index in [1.165, 1.54) is 0 Å². The molecule has 24 heavy (non-hydrogen) atoms. The average Bonchev–Trinajstić information content (AvgIpc) is 2.54. The minimum Gasteiger partial charge on any atom is -0.464 e. The maximum atomic E-state index is 12.3. The van der Waals surface area contributed by atoms with Crippen molar-refractivity contribution in [3.8, 4) is 0 Å². The van der Waals surface area contributed by atoms with E-state index in [4.69, 9.17) is 10.5 Å². The second-order valence-electron chi connectivity index (χ2n) is 6.51. The Morgan fingerprint density at radius 1 is 1.21 bits per heavy atom. The molecule has 0 saturated heterocycles. The molecule has 1 aromatic rings. The van der Waals surface area contributed by atoms with E-state index in [2.05, 4.69) is 5.32 Å². The van der Waals surface area contributed by atoms with Gasteiger partial charge in [-0.15, -0.1) is 0 Å². The largest absolute Gasteiger partial charge is 0.464 e. The molecule has 0 bridgehead atoms. The van der Waals surface area contributed by atoms with Crippen molar-refractivity contribution in [2.24, 2.45) is 11.7 Å². The first kappa shape index (κ1) is 20.2. The van der Waals surface area contributed by atoms with Crippen molar-refractivity contribution in [2.45, 2.75) is 58.5 Å². The third kappa shape index (κ3) is 7.59. The van der Waals surface area contributed by atoms with Crippen molar-refractivity contribution in [3.63, 3.8) is 0 Å². The number of benzene rings is 1. The molecule has 0 heterocycles. The average molecular weight is 334 g/mol. The van der Waals surface area contributed by atoms with E-state index in [1.54, 1.807) is 0 Å². The number of hydrogen-bond acceptors (Lipinski definition) is 4. The molecule has 1 aromatic carbocycles. The lowest BCUT2D eigenvalue weighted by Gasteiger charge is -2.21. The number of carbonyl (C=O) groups excluding carboxylic acids is 2. The zero-order valence-corrected chi connectivity index (χ0v) is 15.0. The molecule has 3 N–H and O–H groups in total. The molecule has 0 radical (unpaired) electrons. The minimum absolute atomic E-state index is 0.263. The summed E-state index contributed by atoms with van der Waals surface area (Å²) in [5.41, 5.74) is 6.98. The van der Waals surface area contributed by atoms with Gasteiger partial charge in [-0.3, -0.25) is 4.79 Å². The Morgan fingerprint density at radius 3 is 2.46 bits per heavy atom. The third-order valence-electron chi connectivity index (χ3n) is 3.69. The summed E-state index contributed by atoms with van der Waals surface area (Å²) in [6.45, 7) is 6.42. The molecule has 134 valence electrons. The molecule has 0 aliphatic carbocycles. The highest BCUT2D eigenvalue weighted by molar-refractivity contribution is 5.87. The number of esters is 1. The predicted molar refractivity (Wildman–Crippen MR) is 95.4 cm³/mol. The van der Waals surface area contributed by atoms with Gasteiger partial charge in [-0.2, -0.15) is 0 Å². The number of ether oxygens (including phenoxy) is 1. The molecule has 0 aromatic heterocycles. The van der Waals surface area contributed by atoms with E-state index in [9.17, 15) is 9.59 Å². The lowest BCUT2D eigenvalue weighted by Crippen LogP contribution is -2.50. The smallest absolute Gasteiger partial charge is 0.328 e. The lowest BCUT2D eigenvalue weighted by atomic mass is 10.0. The van der Waals surface area contributed by atoms with Gasteiger partial charge < -0.3 is 15.8 Å². The maximum Gasteiger partial charge on any atom is 0.328 e. The van der Waals surface area contributed by atoms with E-state index in [0.29, 0.717) is 19.4 Å². The van der Waals surface area contributed by atoms with Crippen LogP contribution in [0.3, 0.4) is 0 Å². The van der Waals surface area contributed by atoms with E-state index in [1.807, 2.05) is 51.1 Å². The van der Waals surface area contributed by atoms with Crippen LogP contribution in [-0.4, -0.2) is 30.6 Å². The topological polar surface area (TPSA) is 81.4 Å². The first-order valence-electron chi connectivity index (χ1n) is 8.70. The van der Waals surface area contributed by atoms with E-state index in [0.717, 1.165) is 18.4 Å². The Morgan fingerprint density at radius 2 is 1.88 bits per heavy atom. The Kier molecular flexibility index (Phi) is 9.08. The van der Waals surface area contributed by atoms with Gasteiger partial charge in [0, 0.05) is 0 Å². The summed E-state index contributed by atoms with van der Waals surface area (Å²) in [6, 6.07) is 8.26. The first-order valence-corrected chi connectivity index (χ1v) is 8.70. The number of carbonyl (C=O) groups is 2. The van der Waals surface area contributed by atoms with Crippen molar-refractivity contribution in [1.82, 2.24) is 5.32 Å². The Labute approximate surface area is 145 Å². The number of unbranched alkanes of at least 4 members (excludes halogenated alkanes) is 1. The van der Waals surface area contributed by atoms with Gasteiger partial charge in [0.05, 0.1) is 12.6 Å². The van der Waals surface area contributed by atoms with E-state index < -0.39 is 12.1 Å². The molecule has 0 aliphatic heterocycles. The Bertz CT molecular complexity index is 503. The second kappa shape index (κ2) is 10.8. The summed E-state index contributed by atoms with van der Waals surface area (Å²) >= 11 is 0. The van der Waals surface area contributed by atoms with Gasteiger partial charge in [0.2, 0.25) is 5.91 Å². The van der Waals surface area contributed by atoms with Crippen molar-refractivity contribution < 1.29 is 14.3 Å². The van der Waals surface area contributed by atoms with E-state index in [-0.39, 0.29) is 17.8 Å². The van der Waals surface area contributed by atoms with Crippen LogP contribution in [0.2, 0.25) is 0 Å². The van der Waals surface area contributed by atoms with Crippen LogP contribution in [0.4, 0.5) is 0 Å². The number of rotatable bonds is 10. The van der Waals surface area contributed by atoms with Crippen LogP contribution in [0, 0.1) is 5.92 Å². The molecular formula is C19H30N2O3. The number of nitrogens with two attached hydrogens (primary N) is 1. The third-order valence-corrected chi connectivity index (χ3v) is 3.69. The second-order valence-corrected chi connectivity index (χ2v) is 6.51. The van der Waals surface area contributed by atoms with Crippen molar-refractivity contribution in [3.05, 3.63) is 35.9 Å². The minimum atomic E-state index is -0.689. The van der Waals surface area contributed by atoms with Crippen molar-refractivity contribution in [2.75, 3.05) is 6.61 Å². The molecule has 5 heteroatoms. The van der Waals surface area contributed by atoms with Gasteiger partial charge in [0.1, 0.15) is 6.04 Å². The van der Waals surface area contributed by atoms with Crippen LogP contribution in [0.1, 0.15) is 45.6 Å². The van der Waals surface area contributed by atoms with Gasteiger partial charge in [-0.25, -0.2) is 4.79 Å². The monoisotopic (exact) mass is 334 g/mol.